The van der Waals surface area contributed by atoms with Crippen LogP contribution in [0.4, 0.5) is 0 Å². The van der Waals surface area contributed by atoms with Gasteiger partial charge in [0.1, 0.15) is 17.1 Å². The van der Waals surface area contributed by atoms with Crippen LogP contribution in [0.3, 0.4) is 0 Å². The second kappa shape index (κ2) is 5.92. The number of hydrogen-bond donors (Lipinski definition) is 1. The molecule has 3 aliphatic rings. The lowest BCUT2D eigenvalue weighted by atomic mass is 9.80. The van der Waals surface area contributed by atoms with Crippen LogP contribution in [0.1, 0.15) is 40.5 Å². The van der Waals surface area contributed by atoms with E-state index < -0.39 is 40.5 Å². The Morgan fingerprint density at radius 1 is 1.42 bits per heavy atom. The highest BCUT2D eigenvalue weighted by atomic mass is 35.5. The summed E-state index contributed by atoms with van der Waals surface area (Å²) in [5, 5.41) is 11.2. The SMILES string of the molecule is C=C1C(=O)O[C@@H]2C3=C(C)C(=O)C[C@@]3(Cl)[C@](C)(O)C[C@@H](OC(=O)C(C)C)[C@@H]12. The minimum absolute atomic E-state index is 0.0319. The van der Waals surface area contributed by atoms with E-state index in [-0.39, 0.29) is 30.1 Å². The van der Waals surface area contributed by atoms with Crippen LogP contribution in [0.5, 0.6) is 0 Å². The van der Waals surface area contributed by atoms with Crippen molar-refractivity contribution in [3.63, 3.8) is 0 Å². The smallest absolute Gasteiger partial charge is 0.334 e. The largest absolute Gasteiger partial charge is 0.461 e. The Bertz CT molecular complexity index is 749. The first-order valence-corrected chi connectivity index (χ1v) is 9.04. The molecule has 7 heteroatoms. The zero-order valence-corrected chi connectivity index (χ0v) is 16.1. The van der Waals surface area contributed by atoms with Gasteiger partial charge < -0.3 is 14.6 Å². The summed E-state index contributed by atoms with van der Waals surface area (Å²) in [7, 11) is 0. The van der Waals surface area contributed by atoms with Gasteiger partial charge in [-0.15, -0.1) is 11.6 Å². The number of esters is 2. The van der Waals surface area contributed by atoms with Crippen LogP contribution in [-0.2, 0) is 23.9 Å². The van der Waals surface area contributed by atoms with E-state index in [1.807, 2.05) is 0 Å². The molecule has 5 atom stereocenters. The summed E-state index contributed by atoms with van der Waals surface area (Å²) in [5.74, 6) is -2.31. The summed E-state index contributed by atoms with van der Waals surface area (Å²) in [5.41, 5.74) is -0.605. The Morgan fingerprint density at radius 3 is 2.62 bits per heavy atom. The summed E-state index contributed by atoms with van der Waals surface area (Å²) in [6.45, 7) is 10.3. The van der Waals surface area contributed by atoms with Gasteiger partial charge in [-0.3, -0.25) is 9.59 Å². The van der Waals surface area contributed by atoms with Gasteiger partial charge in [0, 0.05) is 24.0 Å². The summed E-state index contributed by atoms with van der Waals surface area (Å²) in [4.78, 5) is 35.3. The van der Waals surface area contributed by atoms with Gasteiger partial charge in [-0.2, -0.15) is 0 Å². The molecule has 0 spiro atoms. The van der Waals surface area contributed by atoms with E-state index in [4.69, 9.17) is 21.1 Å². The molecule has 1 saturated heterocycles. The minimum Gasteiger partial charge on any atom is -0.461 e. The van der Waals surface area contributed by atoms with Gasteiger partial charge in [0.25, 0.3) is 0 Å². The molecular weight excluding hydrogens is 360 g/mol. The average molecular weight is 383 g/mol. The van der Waals surface area contributed by atoms with E-state index in [0.29, 0.717) is 11.1 Å². The van der Waals surface area contributed by atoms with Gasteiger partial charge in [-0.1, -0.05) is 20.4 Å². The molecule has 0 bridgehead atoms. The van der Waals surface area contributed by atoms with Crippen molar-refractivity contribution >= 4 is 29.3 Å². The lowest BCUT2D eigenvalue weighted by Gasteiger charge is -2.39. The molecule has 1 N–H and O–H groups in total. The van der Waals surface area contributed by atoms with Gasteiger partial charge in [0.05, 0.1) is 17.4 Å². The van der Waals surface area contributed by atoms with Crippen LogP contribution in [0.15, 0.2) is 23.3 Å². The Morgan fingerprint density at radius 2 is 2.04 bits per heavy atom. The fraction of sp³-hybridized carbons (Fsp3) is 0.632. The molecule has 6 nitrogen and oxygen atoms in total. The van der Waals surface area contributed by atoms with Crippen LogP contribution in [0.25, 0.3) is 0 Å². The van der Waals surface area contributed by atoms with E-state index in [9.17, 15) is 19.5 Å². The summed E-state index contributed by atoms with van der Waals surface area (Å²) in [6.07, 6.45) is -1.84. The van der Waals surface area contributed by atoms with Gasteiger partial charge >= 0.3 is 11.9 Å². The molecule has 26 heavy (non-hydrogen) atoms. The molecule has 142 valence electrons. The molecule has 0 aromatic rings. The quantitative estimate of drug-likeness (QED) is 0.446. The Balaban J connectivity index is 2.15. The van der Waals surface area contributed by atoms with E-state index in [1.165, 1.54) is 6.92 Å². The maximum Gasteiger partial charge on any atom is 0.334 e. The Kier molecular flexibility index (Phi) is 4.36. The lowest BCUT2D eigenvalue weighted by molar-refractivity contribution is -0.158. The molecule has 0 aromatic carbocycles. The molecule has 3 rings (SSSR count). The molecule has 0 unspecified atom stereocenters. The summed E-state index contributed by atoms with van der Waals surface area (Å²) < 4.78 is 11.1. The fourth-order valence-electron chi connectivity index (χ4n) is 4.14. The molecule has 2 aliphatic carbocycles. The number of allylic oxidation sites excluding steroid dienone is 1. The first kappa shape index (κ1) is 19.1. The summed E-state index contributed by atoms with van der Waals surface area (Å²) >= 11 is 6.79. The number of carbonyl (C=O) groups excluding carboxylic acids is 3. The molecule has 0 radical (unpaired) electrons. The zero-order valence-electron chi connectivity index (χ0n) is 15.3. The normalized spacial score (nSPS) is 39.7. The van der Waals surface area contributed by atoms with Crippen LogP contribution in [0.2, 0.25) is 0 Å². The van der Waals surface area contributed by atoms with Crippen LogP contribution in [0, 0.1) is 11.8 Å². The topological polar surface area (TPSA) is 89.9 Å². The third-order valence-corrected chi connectivity index (χ3v) is 6.50. The number of alkyl halides is 1. The number of hydrogen-bond acceptors (Lipinski definition) is 6. The number of ether oxygens (including phenoxy) is 2. The first-order valence-electron chi connectivity index (χ1n) is 8.66. The molecule has 1 saturated carbocycles. The Hall–Kier alpha value is -1.66. The van der Waals surface area contributed by atoms with Crippen LogP contribution in [-0.4, -0.2) is 45.5 Å². The highest BCUT2D eigenvalue weighted by molar-refractivity contribution is 6.31. The molecule has 1 aliphatic heterocycles. The third kappa shape index (κ3) is 2.54. The fourth-order valence-corrected chi connectivity index (χ4v) is 4.59. The van der Waals surface area contributed by atoms with Crippen molar-refractivity contribution in [2.24, 2.45) is 11.8 Å². The van der Waals surface area contributed by atoms with E-state index in [1.54, 1.807) is 20.8 Å². The Labute approximate surface area is 157 Å². The minimum atomic E-state index is -1.55. The number of rotatable bonds is 2. The first-order chi connectivity index (χ1) is 11.9. The van der Waals surface area contributed by atoms with Crippen molar-refractivity contribution in [1.29, 1.82) is 0 Å². The summed E-state index contributed by atoms with van der Waals surface area (Å²) in [6, 6.07) is 0. The van der Waals surface area contributed by atoms with Gasteiger partial charge in [-0.05, 0) is 19.4 Å². The lowest BCUT2D eigenvalue weighted by Crippen LogP contribution is -2.50. The number of fused-ring (bicyclic) bond motifs is 3. The number of Topliss-reactive ketones (excluding diaryl/α,β-unsaturated/α-hetero) is 1. The standard InChI is InChI=1S/C19H23ClO6/c1-8(2)16(22)25-12-7-18(5,24)19(20)6-11(21)9(3)14(19)15-13(12)10(4)17(23)26-15/h8,12-13,15,24H,4,6-7H2,1-3,5H3/t12-,13-,15+,18-,19+/m1/s1. The molecule has 2 fully saturated rings. The number of carbonyl (C=O) groups is 3. The highest BCUT2D eigenvalue weighted by Crippen LogP contribution is 2.56. The average Bonchev–Trinajstić information content (AvgIpc) is 2.90. The molecule has 1 heterocycles. The number of ketones is 1. The van der Waals surface area contributed by atoms with Gasteiger partial charge in [0.2, 0.25) is 0 Å². The molecule has 0 aromatic heterocycles. The maximum absolute atomic E-state index is 12.3. The van der Waals surface area contributed by atoms with E-state index >= 15 is 0 Å². The van der Waals surface area contributed by atoms with Crippen molar-refractivity contribution in [3.8, 4) is 0 Å². The van der Waals surface area contributed by atoms with Crippen molar-refractivity contribution in [1.82, 2.24) is 0 Å². The van der Waals surface area contributed by atoms with Crippen molar-refractivity contribution in [3.05, 3.63) is 23.3 Å². The molecule has 0 amide bonds. The van der Waals surface area contributed by atoms with E-state index in [0.717, 1.165) is 0 Å². The number of halogens is 1. The maximum atomic E-state index is 12.3. The predicted octanol–water partition coefficient (Wildman–Crippen LogP) is 2.07. The zero-order chi connectivity index (χ0) is 19.6. The monoisotopic (exact) mass is 382 g/mol. The van der Waals surface area contributed by atoms with Crippen LogP contribution < -0.4 is 0 Å². The van der Waals surface area contributed by atoms with Crippen molar-refractivity contribution < 1.29 is 29.0 Å². The third-order valence-electron chi connectivity index (χ3n) is 5.75. The van der Waals surface area contributed by atoms with Gasteiger partial charge in [0.15, 0.2) is 5.78 Å². The van der Waals surface area contributed by atoms with Crippen LogP contribution >= 0.6 is 11.6 Å². The van der Waals surface area contributed by atoms with Crippen molar-refractivity contribution in [2.45, 2.75) is 63.2 Å². The number of aliphatic hydroxyl groups is 1. The predicted molar refractivity (Wildman–Crippen MR) is 93.4 cm³/mol. The highest BCUT2D eigenvalue weighted by Gasteiger charge is 2.64. The van der Waals surface area contributed by atoms with E-state index in [2.05, 4.69) is 6.58 Å². The van der Waals surface area contributed by atoms with Crippen molar-refractivity contribution in [2.75, 3.05) is 0 Å². The van der Waals surface area contributed by atoms with Gasteiger partial charge in [-0.25, -0.2) is 4.79 Å². The second-order valence-electron chi connectivity index (χ2n) is 7.92. The second-order valence-corrected chi connectivity index (χ2v) is 8.57. The molecular formula is C19H23ClO6.